The summed E-state index contributed by atoms with van der Waals surface area (Å²) in [5.41, 5.74) is 2.88. The third-order valence-electron chi connectivity index (χ3n) is 4.42. The van der Waals surface area contributed by atoms with Crippen molar-refractivity contribution in [3.8, 4) is 0 Å². The molecule has 1 fully saturated rings. The smallest absolute Gasteiger partial charge is 0.251 e. The van der Waals surface area contributed by atoms with Gasteiger partial charge >= 0.3 is 0 Å². The number of hydrogen-bond acceptors (Lipinski definition) is 3. The molecule has 0 unspecified atom stereocenters. The van der Waals surface area contributed by atoms with Gasteiger partial charge in [0.05, 0.1) is 19.3 Å². The van der Waals surface area contributed by atoms with Crippen molar-refractivity contribution in [2.24, 2.45) is 0 Å². The molecule has 1 atom stereocenters. The van der Waals surface area contributed by atoms with Crippen molar-refractivity contribution in [2.45, 2.75) is 13.0 Å². The SMILES string of the molecule is Cc1ccc([C@H](CN2CCOCC2)NC(=O)c2cccc(Cl)c2)cc1. The summed E-state index contributed by atoms with van der Waals surface area (Å²) in [6, 6.07) is 15.3. The Morgan fingerprint density at radius 2 is 1.92 bits per heavy atom. The molecular formula is C20H23ClN2O2. The highest BCUT2D eigenvalue weighted by molar-refractivity contribution is 6.30. The standard InChI is InChI=1S/C20H23ClN2O2/c1-15-5-7-16(8-6-15)19(14-23-9-11-25-12-10-23)22-20(24)17-3-2-4-18(21)13-17/h2-8,13,19H,9-12,14H2,1H3,(H,22,24)/t19-/m0/s1. The average molecular weight is 359 g/mol. The van der Waals surface area contributed by atoms with E-state index in [2.05, 4.69) is 41.4 Å². The lowest BCUT2D eigenvalue weighted by molar-refractivity contribution is 0.0332. The molecule has 0 aliphatic carbocycles. The van der Waals surface area contributed by atoms with Gasteiger partial charge in [0.1, 0.15) is 0 Å². The van der Waals surface area contributed by atoms with Crippen LogP contribution in [0.1, 0.15) is 27.5 Å². The molecule has 2 aromatic carbocycles. The molecule has 4 nitrogen and oxygen atoms in total. The number of halogens is 1. The molecule has 1 N–H and O–H groups in total. The second-order valence-electron chi connectivity index (χ2n) is 6.36. The zero-order chi connectivity index (χ0) is 17.6. The lowest BCUT2D eigenvalue weighted by atomic mass is 10.0. The lowest BCUT2D eigenvalue weighted by Gasteiger charge is -2.31. The monoisotopic (exact) mass is 358 g/mol. The molecule has 1 heterocycles. The van der Waals surface area contributed by atoms with E-state index in [1.807, 2.05) is 0 Å². The van der Waals surface area contributed by atoms with E-state index < -0.39 is 0 Å². The molecule has 132 valence electrons. The minimum atomic E-state index is -0.110. The molecule has 1 aliphatic rings. The van der Waals surface area contributed by atoms with E-state index in [1.165, 1.54) is 5.56 Å². The molecule has 2 aromatic rings. The maximum atomic E-state index is 12.7. The van der Waals surface area contributed by atoms with Crippen molar-refractivity contribution >= 4 is 17.5 Å². The molecule has 0 radical (unpaired) electrons. The van der Waals surface area contributed by atoms with Crippen LogP contribution in [0.25, 0.3) is 0 Å². The van der Waals surface area contributed by atoms with Gasteiger partial charge in [-0.1, -0.05) is 47.5 Å². The summed E-state index contributed by atoms with van der Waals surface area (Å²) in [6.07, 6.45) is 0. The van der Waals surface area contributed by atoms with Crippen molar-refractivity contribution in [1.29, 1.82) is 0 Å². The summed E-state index contributed by atoms with van der Waals surface area (Å²) in [5.74, 6) is -0.110. The molecule has 0 spiro atoms. The number of amides is 1. The Morgan fingerprint density at radius 1 is 1.20 bits per heavy atom. The zero-order valence-corrected chi connectivity index (χ0v) is 15.1. The van der Waals surface area contributed by atoms with Crippen molar-refractivity contribution in [3.05, 3.63) is 70.2 Å². The second kappa shape index (κ2) is 8.48. The van der Waals surface area contributed by atoms with Crippen LogP contribution in [0.5, 0.6) is 0 Å². The van der Waals surface area contributed by atoms with Crippen LogP contribution in [0, 0.1) is 6.92 Å². The van der Waals surface area contributed by atoms with Crippen LogP contribution in [-0.2, 0) is 4.74 Å². The van der Waals surface area contributed by atoms with E-state index in [-0.39, 0.29) is 11.9 Å². The van der Waals surface area contributed by atoms with Gasteiger partial charge in [-0.2, -0.15) is 0 Å². The Bertz CT molecular complexity index is 712. The van der Waals surface area contributed by atoms with Gasteiger partial charge in [-0.15, -0.1) is 0 Å². The number of benzene rings is 2. The fourth-order valence-corrected chi connectivity index (χ4v) is 3.14. The fraction of sp³-hybridized carbons (Fsp3) is 0.350. The predicted octanol–water partition coefficient (Wildman–Crippen LogP) is 3.45. The third-order valence-corrected chi connectivity index (χ3v) is 4.65. The topological polar surface area (TPSA) is 41.6 Å². The van der Waals surface area contributed by atoms with Gasteiger partial charge in [-0.3, -0.25) is 9.69 Å². The van der Waals surface area contributed by atoms with E-state index in [1.54, 1.807) is 24.3 Å². The van der Waals surface area contributed by atoms with Gasteiger partial charge in [0, 0.05) is 30.2 Å². The van der Waals surface area contributed by atoms with E-state index in [0.717, 1.165) is 38.4 Å². The number of morpholine rings is 1. The number of carbonyl (C=O) groups is 1. The highest BCUT2D eigenvalue weighted by Gasteiger charge is 2.20. The largest absolute Gasteiger partial charge is 0.379 e. The van der Waals surface area contributed by atoms with Gasteiger partial charge in [0.25, 0.3) is 5.91 Å². The minimum Gasteiger partial charge on any atom is -0.379 e. The van der Waals surface area contributed by atoms with Gasteiger partial charge in [-0.05, 0) is 30.7 Å². The van der Waals surface area contributed by atoms with Gasteiger partial charge < -0.3 is 10.1 Å². The second-order valence-corrected chi connectivity index (χ2v) is 6.80. The molecule has 25 heavy (non-hydrogen) atoms. The number of rotatable bonds is 5. The first-order valence-corrected chi connectivity index (χ1v) is 8.93. The first-order chi connectivity index (χ1) is 12.1. The van der Waals surface area contributed by atoms with Crippen LogP contribution in [0.2, 0.25) is 5.02 Å². The Hall–Kier alpha value is -1.88. The number of nitrogens with zero attached hydrogens (tertiary/aromatic N) is 1. The van der Waals surface area contributed by atoms with Crippen LogP contribution in [0.3, 0.4) is 0 Å². The van der Waals surface area contributed by atoms with Crippen molar-refractivity contribution in [2.75, 3.05) is 32.8 Å². The normalized spacial score (nSPS) is 16.4. The van der Waals surface area contributed by atoms with Crippen molar-refractivity contribution in [1.82, 2.24) is 10.2 Å². The van der Waals surface area contributed by atoms with Crippen LogP contribution >= 0.6 is 11.6 Å². The number of nitrogens with one attached hydrogen (secondary N) is 1. The highest BCUT2D eigenvalue weighted by Crippen LogP contribution is 2.18. The van der Waals surface area contributed by atoms with Crippen LogP contribution in [0.15, 0.2) is 48.5 Å². The molecule has 1 aliphatic heterocycles. The summed E-state index contributed by atoms with van der Waals surface area (Å²) in [4.78, 5) is 15.0. The van der Waals surface area contributed by atoms with Crippen LogP contribution < -0.4 is 5.32 Å². The first-order valence-electron chi connectivity index (χ1n) is 8.55. The molecule has 0 saturated carbocycles. The van der Waals surface area contributed by atoms with Crippen molar-refractivity contribution < 1.29 is 9.53 Å². The number of hydrogen-bond donors (Lipinski definition) is 1. The Labute approximate surface area is 153 Å². The van der Waals surface area contributed by atoms with Gasteiger partial charge in [0.2, 0.25) is 0 Å². The Balaban J connectivity index is 1.77. The maximum absolute atomic E-state index is 12.7. The summed E-state index contributed by atoms with van der Waals surface area (Å²) in [5, 5.41) is 3.73. The summed E-state index contributed by atoms with van der Waals surface area (Å²) >= 11 is 6.01. The molecule has 0 bridgehead atoms. The molecule has 1 amide bonds. The van der Waals surface area contributed by atoms with Crippen LogP contribution in [-0.4, -0.2) is 43.7 Å². The number of ether oxygens (including phenoxy) is 1. The van der Waals surface area contributed by atoms with E-state index in [9.17, 15) is 4.79 Å². The van der Waals surface area contributed by atoms with Gasteiger partial charge in [-0.25, -0.2) is 0 Å². The summed E-state index contributed by atoms with van der Waals surface area (Å²) in [6.45, 7) is 6.07. The zero-order valence-electron chi connectivity index (χ0n) is 14.4. The fourth-order valence-electron chi connectivity index (χ4n) is 2.95. The first kappa shape index (κ1) is 17.9. The average Bonchev–Trinajstić information content (AvgIpc) is 2.62. The quantitative estimate of drug-likeness (QED) is 0.890. The minimum absolute atomic E-state index is 0.0785. The molecular weight excluding hydrogens is 336 g/mol. The molecule has 0 aromatic heterocycles. The summed E-state index contributed by atoms with van der Waals surface area (Å²) in [7, 11) is 0. The van der Waals surface area contributed by atoms with Crippen molar-refractivity contribution in [3.63, 3.8) is 0 Å². The highest BCUT2D eigenvalue weighted by atomic mass is 35.5. The number of carbonyl (C=O) groups excluding carboxylic acids is 1. The molecule has 3 rings (SSSR count). The molecule has 1 saturated heterocycles. The van der Waals surface area contributed by atoms with E-state index in [0.29, 0.717) is 10.6 Å². The van der Waals surface area contributed by atoms with E-state index >= 15 is 0 Å². The van der Waals surface area contributed by atoms with Gasteiger partial charge in [0.15, 0.2) is 0 Å². The predicted molar refractivity (Wildman–Crippen MR) is 100 cm³/mol. The molecule has 5 heteroatoms. The summed E-state index contributed by atoms with van der Waals surface area (Å²) < 4.78 is 5.42. The lowest BCUT2D eigenvalue weighted by Crippen LogP contribution is -2.43. The number of aryl methyl sites for hydroxylation is 1. The third kappa shape index (κ3) is 5.05. The Kier molecular flexibility index (Phi) is 6.08. The van der Waals surface area contributed by atoms with E-state index in [4.69, 9.17) is 16.3 Å². The Morgan fingerprint density at radius 3 is 2.60 bits per heavy atom. The van der Waals surface area contributed by atoms with Crippen LogP contribution in [0.4, 0.5) is 0 Å². The maximum Gasteiger partial charge on any atom is 0.251 e.